The van der Waals surface area contributed by atoms with Crippen LogP contribution in [-0.4, -0.2) is 28.9 Å². The first-order valence-corrected chi connectivity index (χ1v) is 12.0. The van der Waals surface area contributed by atoms with Gasteiger partial charge in [-0.25, -0.2) is 4.39 Å². The Bertz CT molecular complexity index is 1420. The number of rotatable bonds is 6. The minimum absolute atomic E-state index is 0.216. The van der Waals surface area contributed by atoms with E-state index in [-0.39, 0.29) is 17.9 Å². The molecule has 2 atom stereocenters. The summed E-state index contributed by atoms with van der Waals surface area (Å²) >= 11 is 5.88. The Kier molecular flexibility index (Phi) is 6.36. The largest absolute Gasteiger partial charge is 0.497 e. The first kappa shape index (κ1) is 23.8. The second kappa shape index (κ2) is 9.62. The summed E-state index contributed by atoms with van der Waals surface area (Å²) in [6, 6.07) is 19.9. The van der Waals surface area contributed by atoms with E-state index in [9.17, 15) is 4.39 Å². The summed E-state index contributed by atoms with van der Waals surface area (Å²) < 4.78 is 27.3. The molecule has 2 aromatic heterocycles. The highest BCUT2D eigenvalue weighted by molar-refractivity contribution is 7.80. The summed E-state index contributed by atoms with van der Waals surface area (Å²) in [4.78, 5) is 6.72. The molecule has 0 amide bonds. The lowest BCUT2D eigenvalue weighted by atomic mass is 9.96. The molecule has 1 aliphatic heterocycles. The molecule has 36 heavy (non-hydrogen) atoms. The van der Waals surface area contributed by atoms with Crippen LogP contribution >= 0.6 is 12.2 Å². The number of anilines is 1. The van der Waals surface area contributed by atoms with Gasteiger partial charge >= 0.3 is 0 Å². The van der Waals surface area contributed by atoms with Gasteiger partial charge in [0.25, 0.3) is 0 Å². The normalized spacial score (nSPS) is 17.2. The van der Waals surface area contributed by atoms with Crippen molar-refractivity contribution >= 4 is 23.0 Å². The number of aromatic nitrogens is 2. The van der Waals surface area contributed by atoms with Crippen LogP contribution in [0.4, 0.5) is 10.1 Å². The number of nitrogens with one attached hydrogen (secondary N) is 1. The first-order valence-electron chi connectivity index (χ1n) is 11.6. The number of pyridine rings is 1. The standard InChI is InChI=1S/C28H27FN4O2S/c1-17-14-22(18(2)32(17)20-9-7-8-19(29)15-20)27-26(23-10-5-6-13-30-23)31-28(36)33(27)24-12-11-21(34-3)16-25(24)35-4/h5-16,26-27H,1-4H3,(H,31,36)/t26-,27+/m0/s1. The fourth-order valence-corrected chi connectivity index (χ4v) is 5.35. The van der Waals surface area contributed by atoms with Gasteiger partial charge in [-0.1, -0.05) is 12.1 Å². The average molecular weight is 503 g/mol. The molecule has 184 valence electrons. The van der Waals surface area contributed by atoms with Crippen LogP contribution in [0.2, 0.25) is 0 Å². The minimum atomic E-state index is -0.277. The number of methoxy groups -OCH3 is 2. The number of halogens is 1. The quantitative estimate of drug-likeness (QED) is 0.335. The molecule has 3 heterocycles. The van der Waals surface area contributed by atoms with Crippen LogP contribution in [0, 0.1) is 19.7 Å². The van der Waals surface area contributed by atoms with E-state index in [1.54, 1.807) is 32.5 Å². The Morgan fingerprint density at radius 2 is 1.81 bits per heavy atom. The van der Waals surface area contributed by atoms with Crippen LogP contribution in [0.5, 0.6) is 11.5 Å². The highest BCUT2D eigenvalue weighted by Crippen LogP contribution is 2.46. The third kappa shape index (κ3) is 4.07. The van der Waals surface area contributed by atoms with Crippen molar-refractivity contribution in [2.24, 2.45) is 0 Å². The Balaban J connectivity index is 1.70. The van der Waals surface area contributed by atoms with Crippen molar-refractivity contribution in [1.29, 1.82) is 0 Å². The van der Waals surface area contributed by atoms with Crippen LogP contribution < -0.4 is 19.7 Å². The molecule has 1 fully saturated rings. The zero-order chi connectivity index (χ0) is 25.4. The van der Waals surface area contributed by atoms with Crippen molar-refractivity contribution in [3.05, 3.63) is 101 Å². The average Bonchev–Trinajstić information content (AvgIpc) is 3.38. The second-order valence-electron chi connectivity index (χ2n) is 8.68. The summed E-state index contributed by atoms with van der Waals surface area (Å²) in [5.74, 6) is 1.06. The zero-order valence-electron chi connectivity index (χ0n) is 20.5. The molecule has 2 aromatic carbocycles. The predicted octanol–water partition coefficient (Wildman–Crippen LogP) is 5.82. The number of hydrogen-bond acceptors (Lipinski definition) is 4. The third-order valence-electron chi connectivity index (χ3n) is 6.60. The molecule has 1 aliphatic rings. The number of ether oxygens (including phenoxy) is 2. The second-order valence-corrected chi connectivity index (χ2v) is 9.06. The maximum atomic E-state index is 14.1. The summed E-state index contributed by atoms with van der Waals surface area (Å²) in [5.41, 5.74) is 5.50. The van der Waals surface area contributed by atoms with Gasteiger partial charge in [0.2, 0.25) is 0 Å². The fourth-order valence-electron chi connectivity index (χ4n) is 5.01. The van der Waals surface area contributed by atoms with Gasteiger partial charge in [-0.05, 0) is 80.2 Å². The van der Waals surface area contributed by atoms with Gasteiger partial charge in [0.05, 0.1) is 37.7 Å². The van der Waals surface area contributed by atoms with Crippen molar-refractivity contribution in [3.8, 4) is 17.2 Å². The van der Waals surface area contributed by atoms with Crippen molar-refractivity contribution in [2.75, 3.05) is 19.1 Å². The van der Waals surface area contributed by atoms with Crippen LogP contribution in [0.1, 0.15) is 34.7 Å². The van der Waals surface area contributed by atoms with Crippen LogP contribution in [0.25, 0.3) is 5.69 Å². The van der Waals surface area contributed by atoms with Crippen LogP contribution in [0.15, 0.2) is 72.9 Å². The van der Waals surface area contributed by atoms with E-state index in [0.717, 1.165) is 34.0 Å². The van der Waals surface area contributed by atoms with Gasteiger partial charge in [0.1, 0.15) is 17.3 Å². The molecule has 6 nitrogen and oxygen atoms in total. The summed E-state index contributed by atoms with van der Waals surface area (Å²) in [7, 11) is 3.25. The minimum Gasteiger partial charge on any atom is -0.497 e. The molecule has 0 bridgehead atoms. The lowest BCUT2D eigenvalue weighted by Crippen LogP contribution is -2.30. The van der Waals surface area contributed by atoms with E-state index in [1.807, 2.05) is 56.3 Å². The number of benzene rings is 2. The molecule has 0 unspecified atom stereocenters. The Morgan fingerprint density at radius 1 is 0.972 bits per heavy atom. The molecule has 0 radical (unpaired) electrons. The van der Waals surface area contributed by atoms with Gasteiger partial charge in [-0.15, -0.1) is 0 Å². The van der Waals surface area contributed by atoms with E-state index in [2.05, 4.69) is 25.8 Å². The molecule has 1 saturated heterocycles. The van der Waals surface area contributed by atoms with E-state index in [4.69, 9.17) is 21.7 Å². The molecule has 0 saturated carbocycles. The Morgan fingerprint density at radius 3 is 2.50 bits per heavy atom. The smallest absolute Gasteiger partial charge is 0.174 e. The fraction of sp³-hybridized carbons (Fsp3) is 0.214. The Labute approximate surface area is 215 Å². The van der Waals surface area contributed by atoms with Gasteiger partial charge in [0, 0.05) is 29.3 Å². The maximum Gasteiger partial charge on any atom is 0.174 e. The predicted molar refractivity (Wildman–Crippen MR) is 143 cm³/mol. The lowest BCUT2D eigenvalue weighted by Gasteiger charge is -2.29. The Hall–Kier alpha value is -3.91. The molecule has 4 aromatic rings. The third-order valence-corrected chi connectivity index (χ3v) is 6.91. The molecule has 1 N–H and O–H groups in total. The topological polar surface area (TPSA) is 51.5 Å². The van der Waals surface area contributed by atoms with E-state index < -0.39 is 0 Å². The van der Waals surface area contributed by atoms with Crippen LogP contribution in [-0.2, 0) is 0 Å². The number of hydrogen-bond donors (Lipinski definition) is 1. The molecular weight excluding hydrogens is 475 g/mol. The van der Waals surface area contributed by atoms with Gasteiger partial charge in [-0.2, -0.15) is 0 Å². The van der Waals surface area contributed by atoms with Gasteiger partial charge in [-0.3, -0.25) is 4.98 Å². The first-order chi connectivity index (χ1) is 17.4. The molecular formula is C28H27FN4O2S. The number of thiocarbonyl (C=S) groups is 1. The van der Waals surface area contributed by atoms with Gasteiger partial charge < -0.3 is 24.3 Å². The monoisotopic (exact) mass is 502 g/mol. The molecule has 0 spiro atoms. The maximum absolute atomic E-state index is 14.1. The zero-order valence-corrected chi connectivity index (χ0v) is 21.3. The van der Waals surface area contributed by atoms with Gasteiger partial charge in [0.15, 0.2) is 5.11 Å². The molecule has 0 aliphatic carbocycles. The van der Waals surface area contributed by atoms with E-state index in [0.29, 0.717) is 16.6 Å². The molecule has 8 heteroatoms. The van der Waals surface area contributed by atoms with Crippen molar-refractivity contribution in [1.82, 2.24) is 14.9 Å². The number of aryl methyl sites for hydroxylation is 1. The van der Waals surface area contributed by atoms with Crippen molar-refractivity contribution in [3.63, 3.8) is 0 Å². The SMILES string of the molecule is COc1ccc(N2C(=S)N[C@@H](c3ccccn3)[C@H]2c2cc(C)n(-c3cccc(F)c3)c2C)c(OC)c1. The summed E-state index contributed by atoms with van der Waals surface area (Å²) in [6.45, 7) is 4.07. The summed E-state index contributed by atoms with van der Waals surface area (Å²) in [5, 5.41) is 4.06. The van der Waals surface area contributed by atoms with Crippen molar-refractivity contribution in [2.45, 2.75) is 25.9 Å². The molecule has 5 rings (SSSR count). The van der Waals surface area contributed by atoms with Crippen LogP contribution in [0.3, 0.4) is 0 Å². The summed E-state index contributed by atoms with van der Waals surface area (Å²) in [6.07, 6.45) is 1.78. The van der Waals surface area contributed by atoms with Crippen molar-refractivity contribution < 1.29 is 13.9 Å². The van der Waals surface area contributed by atoms with E-state index in [1.165, 1.54) is 6.07 Å². The number of nitrogens with zero attached hydrogens (tertiary/aromatic N) is 3. The van der Waals surface area contributed by atoms with E-state index >= 15 is 0 Å². The lowest BCUT2D eigenvalue weighted by molar-refractivity contribution is 0.394. The highest BCUT2D eigenvalue weighted by atomic mass is 32.1. The highest BCUT2D eigenvalue weighted by Gasteiger charge is 2.43.